The summed E-state index contributed by atoms with van der Waals surface area (Å²) >= 11 is 0. The van der Waals surface area contributed by atoms with Gasteiger partial charge in [0.15, 0.2) is 0 Å². The standard InChI is InChI=1S/C14H24N2O3S/c1-3-8-15-9-5-10-20(17,18)16-14-7-4-6-13(11-14)12-19-2/h4,6-7,11,15-16H,3,5,8-10,12H2,1-2H3. The van der Waals surface area contributed by atoms with Crippen molar-refractivity contribution in [3.63, 3.8) is 0 Å². The van der Waals surface area contributed by atoms with E-state index in [4.69, 9.17) is 4.74 Å². The molecule has 5 nitrogen and oxygen atoms in total. The van der Waals surface area contributed by atoms with Crippen LogP contribution in [0.2, 0.25) is 0 Å². The molecule has 0 fully saturated rings. The maximum absolute atomic E-state index is 11.9. The molecule has 0 radical (unpaired) electrons. The fourth-order valence-electron chi connectivity index (χ4n) is 1.81. The molecule has 114 valence electrons. The summed E-state index contributed by atoms with van der Waals surface area (Å²) in [5, 5.41) is 3.19. The van der Waals surface area contributed by atoms with Crippen molar-refractivity contribution in [3.05, 3.63) is 29.8 Å². The zero-order chi connectivity index (χ0) is 14.8. The van der Waals surface area contributed by atoms with Crippen molar-refractivity contribution >= 4 is 15.7 Å². The Morgan fingerprint density at radius 2 is 2.05 bits per heavy atom. The van der Waals surface area contributed by atoms with Gasteiger partial charge in [0.05, 0.1) is 12.4 Å². The van der Waals surface area contributed by atoms with Crippen LogP contribution in [0, 0.1) is 0 Å². The van der Waals surface area contributed by atoms with Crippen molar-refractivity contribution in [2.24, 2.45) is 0 Å². The van der Waals surface area contributed by atoms with Gasteiger partial charge in [0.1, 0.15) is 0 Å². The second-order valence-electron chi connectivity index (χ2n) is 4.66. The Bertz CT molecular complexity index is 489. The van der Waals surface area contributed by atoms with Crippen LogP contribution < -0.4 is 10.0 Å². The maximum Gasteiger partial charge on any atom is 0.232 e. The molecule has 0 bridgehead atoms. The Morgan fingerprint density at radius 3 is 2.75 bits per heavy atom. The van der Waals surface area contributed by atoms with E-state index in [9.17, 15) is 8.42 Å². The van der Waals surface area contributed by atoms with Crippen LogP contribution >= 0.6 is 0 Å². The summed E-state index contributed by atoms with van der Waals surface area (Å²) in [7, 11) is -1.67. The van der Waals surface area contributed by atoms with Gasteiger partial charge in [-0.15, -0.1) is 0 Å². The molecule has 0 amide bonds. The highest BCUT2D eigenvalue weighted by Gasteiger charge is 2.10. The minimum Gasteiger partial charge on any atom is -0.380 e. The van der Waals surface area contributed by atoms with E-state index in [-0.39, 0.29) is 5.75 Å². The predicted molar refractivity (Wildman–Crippen MR) is 82.3 cm³/mol. The van der Waals surface area contributed by atoms with Crippen LogP contribution in [0.3, 0.4) is 0 Å². The topological polar surface area (TPSA) is 67.4 Å². The fourth-order valence-corrected chi connectivity index (χ4v) is 2.92. The minimum absolute atomic E-state index is 0.123. The molecule has 2 N–H and O–H groups in total. The first kappa shape index (κ1) is 16.9. The number of rotatable bonds is 10. The van der Waals surface area contributed by atoms with Gasteiger partial charge in [-0.3, -0.25) is 4.72 Å². The summed E-state index contributed by atoms with van der Waals surface area (Å²) in [4.78, 5) is 0. The molecular weight excluding hydrogens is 276 g/mol. The monoisotopic (exact) mass is 300 g/mol. The van der Waals surface area contributed by atoms with E-state index in [1.807, 2.05) is 12.1 Å². The smallest absolute Gasteiger partial charge is 0.232 e. The van der Waals surface area contributed by atoms with Gasteiger partial charge in [-0.25, -0.2) is 8.42 Å². The van der Waals surface area contributed by atoms with Gasteiger partial charge in [-0.05, 0) is 43.6 Å². The predicted octanol–water partition coefficient (Wildman–Crippen LogP) is 1.96. The molecule has 0 aromatic heterocycles. The van der Waals surface area contributed by atoms with Crippen LogP contribution in [-0.2, 0) is 21.4 Å². The number of nitrogens with one attached hydrogen (secondary N) is 2. The summed E-state index contributed by atoms with van der Waals surface area (Å²) in [5.74, 6) is 0.123. The summed E-state index contributed by atoms with van der Waals surface area (Å²) in [6.07, 6.45) is 1.66. The van der Waals surface area contributed by atoms with E-state index in [0.717, 1.165) is 25.1 Å². The lowest BCUT2D eigenvalue weighted by atomic mass is 10.2. The number of hydrogen-bond acceptors (Lipinski definition) is 4. The second kappa shape index (κ2) is 8.94. The summed E-state index contributed by atoms with van der Waals surface area (Å²) in [6.45, 7) is 4.19. The van der Waals surface area contributed by atoms with Crippen LogP contribution in [0.1, 0.15) is 25.3 Å². The molecule has 20 heavy (non-hydrogen) atoms. The largest absolute Gasteiger partial charge is 0.380 e. The van der Waals surface area contributed by atoms with Gasteiger partial charge in [-0.1, -0.05) is 19.1 Å². The zero-order valence-corrected chi connectivity index (χ0v) is 13.0. The lowest BCUT2D eigenvalue weighted by Crippen LogP contribution is -2.22. The molecule has 0 aliphatic heterocycles. The molecule has 0 saturated heterocycles. The van der Waals surface area contributed by atoms with Gasteiger partial charge < -0.3 is 10.1 Å². The molecule has 0 unspecified atom stereocenters. The van der Waals surface area contributed by atoms with Crippen molar-refractivity contribution in [1.82, 2.24) is 5.32 Å². The first-order valence-corrected chi connectivity index (χ1v) is 8.51. The van der Waals surface area contributed by atoms with Crippen LogP contribution in [0.4, 0.5) is 5.69 Å². The average Bonchev–Trinajstić information content (AvgIpc) is 2.38. The van der Waals surface area contributed by atoms with Gasteiger partial charge in [0.2, 0.25) is 10.0 Å². The van der Waals surface area contributed by atoms with Crippen LogP contribution in [0.5, 0.6) is 0 Å². The van der Waals surface area contributed by atoms with E-state index in [2.05, 4.69) is 17.0 Å². The van der Waals surface area contributed by atoms with Crippen molar-refractivity contribution in [3.8, 4) is 0 Å². The van der Waals surface area contributed by atoms with Gasteiger partial charge in [0.25, 0.3) is 0 Å². The van der Waals surface area contributed by atoms with E-state index in [0.29, 0.717) is 18.7 Å². The lowest BCUT2D eigenvalue weighted by molar-refractivity contribution is 0.185. The lowest BCUT2D eigenvalue weighted by Gasteiger charge is -2.09. The molecule has 0 aliphatic rings. The Labute approximate surface area is 121 Å². The SMILES string of the molecule is CCCNCCCS(=O)(=O)Nc1cccc(COC)c1. The molecule has 0 heterocycles. The number of hydrogen-bond donors (Lipinski definition) is 2. The van der Waals surface area contributed by atoms with Crippen LogP contribution in [0.15, 0.2) is 24.3 Å². The van der Waals surface area contributed by atoms with Crippen molar-refractivity contribution in [2.45, 2.75) is 26.4 Å². The Morgan fingerprint density at radius 1 is 1.25 bits per heavy atom. The number of methoxy groups -OCH3 is 1. The maximum atomic E-state index is 11.9. The Hall–Kier alpha value is -1.11. The number of anilines is 1. The first-order valence-electron chi connectivity index (χ1n) is 6.86. The molecule has 1 rings (SSSR count). The van der Waals surface area contributed by atoms with E-state index in [1.54, 1.807) is 19.2 Å². The molecule has 1 aromatic carbocycles. The van der Waals surface area contributed by atoms with Gasteiger partial charge >= 0.3 is 0 Å². The number of sulfonamides is 1. The molecule has 0 saturated carbocycles. The number of benzene rings is 1. The minimum atomic E-state index is -3.28. The number of ether oxygens (including phenoxy) is 1. The molecule has 0 spiro atoms. The van der Waals surface area contributed by atoms with Crippen LogP contribution in [0.25, 0.3) is 0 Å². The molecular formula is C14H24N2O3S. The van der Waals surface area contributed by atoms with Gasteiger partial charge in [0, 0.05) is 12.8 Å². The van der Waals surface area contributed by atoms with Crippen molar-refractivity contribution in [2.75, 3.05) is 30.7 Å². The summed E-state index contributed by atoms with van der Waals surface area (Å²) in [5.41, 5.74) is 1.53. The normalized spacial score (nSPS) is 11.5. The van der Waals surface area contributed by atoms with Crippen molar-refractivity contribution in [1.29, 1.82) is 0 Å². The average molecular weight is 300 g/mol. The highest BCUT2D eigenvalue weighted by atomic mass is 32.2. The Balaban J connectivity index is 2.47. The molecule has 0 aliphatic carbocycles. The highest BCUT2D eigenvalue weighted by molar-refractivity contribution is 7.92. The molecule has 6 heteroatoms. The first-order chi connectivity index (χ1) is 9.57. The zero-order valence-electron chi connectivity index (χ0n) is 12.2. The second-order valence-corrected chi connectivity index (χ2v) is 6.50. The molecule has 0 atom stereocenters. The van der Waals surface area contributed by atoms with E-state index < -0.39 is 10.0 Å². The summed E-state index contributed by atoms with van der Waals surface area (Å²) < 4.78 is 31.5. The van der Waals surface area contributed by atoms with Crippen LogP contribution in [-0.4, -0.2) is 34.4 Å². The van der Waals surface area contributed by atoms with Gasteiger partial charge in [-0.2, -0.15) is 0 Å². The quantitative estimate of drug-likeness (QED) is 0.648. The third-order valence-corrected chi connectivity index (χ3v) is 4.08. The third-order valence-electron chi connectivity index (χ3n) is 2.70. The van der Waals surface area contributed by atoms with E-state index in [1.165, 1.54) is 0 Å². The summed E-state index contributed by atoms with van der Waals surface area (Å²) in [6, 6.07) is 7.24. The third kappa shape index (κ3) is 6.88. The fraction of sp³-hybridized carbons (Fsp3) is 0.571. The molecule has 1 aromatic rings. The highest BCUT2D eigenvalue weighted by Crippen LogP contribution is 2.13. The Kier molecular flexibility index (Phi) is 7.58. The van der Waals surface area contributed by atoms with Crippen molar-refractivity contribution < 1.29 is 13.2 Å². The van der Waals surface area contributed by atoms with E-state index >= 15 is 0 Å².